The number of hydrazine groups is 1. The molecular formula is C16H15BrFN3O3. The van der Waals surface area contributed by atoms with Gasteiger partial charge in [0.25, 0.3) is 5.91 Å². The lowest BCUT2D eigenvalue weighted by molar-refractivity contribution is -0.123. The number of hydrogen-bond donors (Lipinski definition) is 3. The van der Waals surface area contributed by atoms with Crippen LogP contribution in [0.5, 0.6) is 5.75 Å². The Bertz CT molecular complexity index is 710. The Balaban J connectivity index is 1.65. The van der Waals surface area contributed by atoms with Crippen LogP contribution in [0, 0.1) is 5.82 Å². The highest BCUT2D eigenvalue weighted by atomic mass is 79.9. The van der Waals surface area contributed by atoms with Crippen LogP contribution in [0.25, 0.3) is 0 Å². The zero-order valence-corrected chi connectivity index (χ0v) is 14.1. The van der Waals surface area contributed by atoms with Crippen LogP contribution in [0.4, 0.5) is 9.18 Å². The predicted molar refractivity (Wildman–Crippen MR) is 89.6 cm³/mol. The Morgan fingerprint density at radius 3 is 2.54 bits per heavy atom. The molecule has 0 heterocycles. The zero-order valence-electron chi connectivity index (χ0n) is 12.5. The van der Waals surface area contributed by atoms with Gasteiger partial charge in [-0.05, 0) is 42.0 Å². The second kappa shape index (κ2) is 8.88. The molecule has 0 radical (unpaired) electrons. The first-order valence-corrected chi connectivity index (χ1v) is 7.78. The van der Waals surface area contributed by atoms with Crippen molar-refractivity contribution in [1.29, 1.82) is 0 Å². The van der Waals surface area contributed by atoms with Gasteiger partial charge in [0.15, 0.2) is 6.61 Å². The second-order valence-corrected chi connectivity index (χ2v) is 5.64. The fraction of sp³-hybridized carbons (Fsp3) is 0.125. The Morgan fingerprint density at radius 1 is 1.08 bits per heavy atom. The van der Waals surface area contributed by atoms with Crippen molar-refractivity contribution in [1.82, 2.24) is 16.2 Å². The molecule has 24 heavy (non-hydrogen) atoms. The third kappa shape index (κ3) is 6.25. The van der Waals surface area contributed by atoms with Crippen LogP contribution in [0.1, 0.15) is 5.56 Å². The molecule has 8 heteroatoms. The van der Waals surface area contributed by atoms with E-state index in [1.807, 2.05) is 0 Å². The zero-order chi connectivity index (χ0) is 17.4. The van der Waals surface area contributed by atoms with E-state index in [0.717, 1.165) is 4.47 Å². The van der Waals surface area contributed by atoms with Crippen LogP contribution in [0.3, 0.4) is 0 Å². The molecule has 3 amide bonds. The Labute approximate surface area is 146 Å². The molecule has 0 aliphatic heterocycles. The van der Waals surface area contributed by atoms with Gasteiger partial charge < -0.3 is 10.1 Å². The minimum atomic E-state index is -0.615. The number of urea groups is 1. The monoisotopic (exact) mass is 395 g/mol. The summed E-state index contributed by atoms with van der Waals surface area (Å²) in [6, 6.07) is 12.2. The molecule has 2 rings (SSSR count). The van der Waals surface area contributed by atoms with Gasteiger partial charge in [0.05, 0.1) is 0 Å². The van der Waals surface area contributed by atoms with Gasteiger partial charge in [-0.25, -0.2) is 14.6 Å². The summed E-state index contributed by atoms with van der Waals surface area (Å²) in [5.74, 6) is -0.365. The number of hydrogen-bond acceptors (Lipinski definition) is 3. The molecule has 3 N–H and O–H groups in total. The van der Waals surface area contributed by atoms with E-state index in [1.165, 1.54) is 12.1 Å². The van der Waals surface area contributed by atoms with E-state index in [0.29, 0.717) is 11.3 Å². The summed E-state index contributed by atoms with van der Waals surface area (Å²) in [7, 11) is 0. The normalized spacial score (nSPS) is 9.92. The molecule has 6 nitrogen and oxygen atoms in total. The number of carbonyl (C=O) groups is 2. The smallest absolute Gasteiger partial charge is 0.333 e. The SMILES string of the molecule is O=C(COc1ccc(Br)cc1)NNC(=O)NCc1cccc(F)c1. The van der Waals surface area contributed by atoms with Crippen LogP contribution in [-0.4, -0.2) is 18.5 Å². The van der Waals surface area contributed by atoms with Crippen molar-refractivity contribution in [3.05, 3.63) is 64.4 Å². The maximum Gasteiger partial charge on any atom is 0.333 e. The molecule has 0 bridgehead atoms. The first-order valence-electron chi connectivity index (χ1n) is 6.98. The Kier molecular flexibility index (Phi) is 6.56. The largest absolute Gasteiger partial charge is 0.484 e. The van der Waals surface area contributed by atoms with Crippen LogP contribution in [0.15, 0.2) is 53.0 Å². The quantitative estimate of drug-likeness (QED) is 0.680. The first kappa shape index (κ1) is 17.7. The number of carbonyl (C=O) groups excluding carboxylic acids is 2. The molecule has 0 aliphatic carbocycles. The van der Waals surface area contributed by atoms with Gasteiger partial charge in [0.2, 0.25) is 0 Å². The van der Waals surface area contributed by atoms with E-state index >= 15 is 0 Å². The van der Waals surface area contributed by atoms with Crippen molar-refractivity contribution in [3.63, 3.8) is 0 Å². The van der Waals surface area contributed by atoms with Gasteiger partial charge in [0, 0.05) is 11.0 Å². The summed E-state index contributed by atoms with van der Waals surface area (Å²) in [5.41, 5.74) is 4.99. The lowest BCUT2D eigenvalue weighted by atomic mass is 10.2. The van der Waals surface area contributed by atoms with E-state index in [-0.39, 0.29) is 19.0 Å². The predicted octanol–water partition coefficient (Wildman–Crippen LogP) is 2.50. The third-order valence-corrected chi connectivity index (χ3v) is 3.37. The molecule has 2 aromatic carbocycles. The van der Waals surface area contributed by atoms with Crippen LogP contribution in [-0.2, 0) is 11.3 Å². The molecule has 0 atom stereocenters. The molecular weight excluding hydrogens is 381 g/mol. The van der Waals surface area contributed by atoms with E-state index in [2.05, 4.69) is 32.1 Å². The summed E-state index contributed by atoms with van der Waals surface area (Å²) in [6.45, 7) is -0.110. The van der Waals surface area contributed by atoms with Crippen molar-refractivity contribution in [2.45, 2.75) is 6.54 Å². The summed E-state index contributed by atoms with van der Waals surface area (Å²) in [5, 5.41) is 2.48. The molecule has 0 saturated carbocycles. The molecule has 0 spiro atoms. The Hall–Kier alpha value is -2.61. The average Bonchev–Trinajstić information content (AvgIpc) is 2.57. The topological polar surface area (TPSA) is 79.5 Å². The highest BCUT2D eigenvalue weighted by Crippen LogP contribution is 2.15. The Morgan fingerprint density at radius 2 is 1.83 bits per heavy atom. The highest BCUT2D eigenvalue weighted by Gasteiger charge is 2.05. The second-order valence-electron chi connectivity index (χ2n) is 4.73. The molecule has 0 unspecified atom stereocenters. The first-order chi connectivity index (χ1) is 11.5. The van der Waals surface area contributed by atoms with Crippen LogP contribution < -0.4 is 20.9 Å². The van der Waals surface area contributed by atoms with Crippen molar-refractivity contribution < 1.29 is 18.7 Å². The van der Waals surface area contributed by atoms with Crippen molar-refractivity contribution >= 4 is 27.9 Å². The van der Waals surface area contributed by atoms with Crippen molar-refractivity contribution in [2.75, 3.05) is 6.61 Å². The fourth-order valence-electron chi connectivity index (χ4n) is 1.72. The lowest BCUT2D eigenvalue weighted by Gasteiger charge is -2.10. The lowest BCUT2D eigenvalue weighted by Crippen LogP contribution is -2.48. The summed E-state index contributed by atoms with van der Waals surface area (Å²) in [4.78, 5) is 23.1. The van der Waals surface area contributed by atoms with Crippen LogP contribution >= 0.6 is 15.9 Å². The van der Waals surface area contributed by atoms with Gasteiger partial charge in [-0.1, -0.05) is 28.1 Å². The molecule has 0 aromatic heterocycles. The van der Waals surface area contributed by atoms with Crippen molar-refractivity contribution in [2.24, 2.45) is 0 Å². The van der Waals surface area contributed by atoms with Gasteiger partial charge in [0.1, 0.15) is 11.6 Å². The number of amides is 3. The van der Waals surface area contributed by atoms with Gasteiger partial charge in [-0.15, -0.1) is 0 Å². The van der Waals surface area contributed by atoms with Gasteiger partial charge in [-0.2, -0.15) is 0 Å². The third-order valence-electron chi connectivity index (χ3n) is 2.84. The number of ether oxygens (including phenoxy) is 1. The summed E-state index contributed by atoms with van der Waals surface area (Å²) in [6.07, 6.45) is 0. The van der Waals surface area contributed by atoms with E-state index in [4.69, 9.17) is 4.74 Å². The number of halogens is 2. The van der Waals surface area contributed by atoms with Crippen molar-refractivity contribution in [3.8, 4) is 5.75 Å². The maximum absolute atomic E-state index is 13.0. The minimum Gasteiger partial charge on any atom is -0.484 e. The number of rotatable bonds is 5. The standard InChI is InChI=1S/C16H15BrFN3O3/c17-12-4-6-14(7-5-12)24-10-15(22)20-21-16(23)19-9-11-2-1-3-13(18)8-11/h1-8H,9-10H2,(H,20,22)(H2,19,21,23). The summed E-state index contributed by atoms with van der Waals surface area (Å²) < 4.78 is 19.1. The number of benzene rings is 2. The molecule has 0 saturated heterocycles. The van der Waals surface area contributed by atoms with E-state index in [1.54, 1.807) is 36.4 Å². The van der Waals surface area contributed by atoms with Gasteiger partial charge in [-0.3, -0.25) is 10.2 Å². The molecule has 126 valence electrons. The molecule has 0 aliphatic rings. The highest BCUT2D eigenvalue weighted by molar-refractivity contribution is 9.10. The minimum absolute atomic E-state index is 0.134. The maximum atomic E-state index is 13.0. The van der Waals surface area contributed by atoms with Gasteiger partial charge >= 0.3 is 6.03 Å². The van der Waals surface area contributed by atoms with E-state index in [9.17, 15) is 14.0 Å². The van der Waals surface area contributed by atoms with Crippen LogP contribution in [0.2, 0.25) is 0 Å². The average molecular weight is 396 g/mol. The number of nitrogens with one attached hydrogen (secondary N) is 3. The molecule has 0 fully saturated rings. The summed E-state index contributed by atoms with van der Waals surface area (Å²) >= 11 is 3.29. The van der Waals surface area contributed by atoms with E-state index < -0.39 is 11.9 Å². The molecule has 2 aromatic rings. The fourth-order valence-corrected chi connectivity index (χ4v) is 1.98.